The van der Waals surface area contributed by atoms with Crippen LogP contribution in [-0.4, -0.2) is 55.9 Å². The maximum atomic E-state index is 12.2. The molecular formula is C22H26N2O6. The molecule has 0 saturated carbocycles. The van der Waals surface area contributed by atoms with Crippen LogP contribution in [0, 0.1) is 13.8 Å². The predicted molar refractivity (Wildman–Crippen MR) is 108 cm³/mol. The van der Waals surface area contributed by atoms with Gasteiger partial charge >= 0.3 is 11.9 Å². The summed E-state index contributed by atoms with van der Waals surface area (Å²) in [6.07, 6.45) is -1.63. The number of hydrogen-bond acceptors (Lipinski definition) is 8. The van der Waals surface area contributed by atoms with Crippen molar-refractivity contribution in [3.8, 4) is 0 Å². The summed E-state index contributed by atoms with van der Waals surface area (Å²) in [5, 5.41) is 19.0. The van der Waals surface area contributed by atoms with E-state index in [1.165, 1.54) is 6.92 Å². The molecular weight excluding hydrogens is 388 g/mol. The summed E-state index contributed by atoms with van der Waals surface area (Å²) in [6, 6.07) is 7.81. The average Bonchev–Trinajstić information content (AvgIpc) is 3.07. The zero-order valence-corrected chi connectivity index (χ0v) is 17.1. The van der Waals surface area contributed by atoms with E-state index in [1.54, 1.807) is 16.7 Å². The van der Waals surface area contributed by atoms with E-state index in [4.69, 9.17) is 14.6 Å². The molecule has 2 fully saturated rings. The van der Waals surface area contributed by atoms with Crippen LogP contribution in [0.5, 0.6) is 0 Å². The van der Waals surface area contributed by atoms with Crippen LogP contribution in [0.3, 0.4) is 0 Å². The molecule has 160 valence electrons. The van der Waals surface area contributed by atoms with Crippen molar-refractivity contribution in [3.05, 3.63) is 73.5 Å². The summed E-state index contributed by atoms with van der Waals surface area (Å²) in [7, 11) is 0. The van der Waals surface area contributed by atoms with Crippen LogP contribution >= 0.6 is 0 Å². The molecule has 2 radical (unpaired) electrons. The van der Waals surface area contributed by atoms with Crippen molar-refractivity contribution in [2.45, 2.75) is 50.8 Å². The van der Waals surface area contributed by atoms with Gasteiger partial charge in [0.15, 0.2) is 0 Å². The van der Waals surface area contributed by atoms with Crippen molar-refractivity contribution in [1.82, 2.24) is 9.80 Å². The fraction of sp³-hybridized carbons (Fsp3) is 0.364. The summed E-state index contributed by atoms with van der Waals surface area (Å²) < 4.78 is 11.1. The fourth-order valence-corrected chi connectivity index (χ4v) is 3.73. The molecule has 4 atom stereocenters. The van der Waals surface area contributed by atoms with E-state index in [2.05, 4.69) is 27.0 Å². The predicted octanol–water partition coefficient (Wildman–Crippen LogP) is 1.25. The molecule has 30 heavy (non-hydrogen) atoms. The lowest BCUT2D eigenvalue weighted by molar-refractivity contribution is -0.293. The minimum absolute atomic E-state index is 0.228. The van der Waals surface area contributed by atoms with Gasteiger partial charge in [0, 0.05) is 24.2 Å². The Bertz CT molecular complexity index is 910. The van der Waals surface area contributed by atoms with Gasteiger partial charge in [0.2, 0.25) is 12.0 Å². The van der Waals surface area contributed by atoms with E-state index >= 15 is 0 Å². The third-order valence-electron chi connectivity index (χ3n) is 5.06. The van der Waals surface area contributed by atoms with Gasteiger partial charge in [-0.2, -0.15) is 0 Å². The third-order valence-corrected chi connectivity index (χ3v) is 5.06. The van der Waals surface area contributed by atoms with Gasteiger partial charge in [-0.25, -0.2) is 19.4 Å². The highest BCUT2D eigenvalue weighted by Crippen LogP contribution is 2.67. The minimum Gasteiger partial charge on any atom is -0.438 e. The molecule has 8 nitrogen and oxygen atoms in total. The Morgan fingerprint density at radius 1 is 1.13 bits per heavy atom. The van der Waals surface area contributed by atoms with Gasteiger partial charge in [-0.1, -0.05) is 37.4 Å². The van der Waals surface area contributed by atoms with E-state index in [1.807, 2.05) is 24.3 Å². The van der Waals surface area contributed by atoms with Crippen molar-refractivity contribution in [2.75, 3.05) is 0 Å². The summed E-state index contributed by atoms with van der Waals surface area (Å²) in [6.45, 7) is 17.1. The molecule has 1 aromatic rings. The van der Waals surface area contributed by atoms with Crippen LogP contribution in [-0.2, 0) is 32.2 Å². The van der Waals surface area contributed by atoms with E-state index in [0.29, 0.717) is 13.1 Å². The zero-order valence-electron chi connectivity index (χ0n) is 17.1. The Balaban J connectivity index is 0.000000589. The molecule has 3 aliphatic heterocycles. The van der Waals surface area contributed by atoms with Crippen molar-refractivity contribution < 1.29 is 29.3 Å². The molecule has 0 aromatic heterocycles. The molecule has 3 aliphatic rings. The highest BCUT2D eigenvalue weighted by atomic mass is 16.7. The van der Waals surface area contributed by atoms with Gasteiger partial charge in [-0.3, -0.25) is 0 Å². The quantitative estimate of drug-likeness (QED) is 0.432. The first-order valence-corrected chi connectivity index (χ1v) is 9.39. The number of fused-ring (bicyclic) bond motifs is 3. The number of aliphatic hydroxyl groups is 2. The van der Waals surface area contributed by atoms with E-state index in [9.17, 15) is 14.7 Å². The van der Waals surface area contributed by atoms with Crippen molar-refractivity contribution in [3.63, 3.8) is 0 Å². The smallest absolute Gasteiger partial charge is 0.336 e. The van der Waals surface area contributed by atoms with Crippen LogP contribution in [0.2, 0.25) is 0 Å². The molecule has 3 heterocycles. The number of ether oxygens (including phenoxy) is 2. The van der Waals surface area contributed by atoms with Crippen molar-refractivity contribution in [2.24, 2.45) is 0 Å². The number of carbonyl (C=O) groups excluding carboxylic acids is 2. The Morgan fingerprint density at radius 2 is 1.67 bits per heavy atom. The standard InChI is InChI=1S/C19H20N2O5.C3H6O/c1-11(2)15(22)25-17-18(24)19(26-16(23)12(3)4)20(17)9-13-6-5-7-14(8-13)10-21(18)19;1-3(2)4/h5-8,17,24H,1,3,9-10H2,2,4H3;3-4H,1-2H2. The molecule has 1 aromatic carbocycles. The number of hydrogen-bond donors (Lipinski definition) is 2. The van der Waals surface area contributed by atoms with E-state index in [-0.39, 0.29) is 11.1 Å². The van der Waals surface area contributed by atoms with Crippen LogP contribution in [0.25, 0.3) is 0 Å². The summed E-state index contributed by atoms with van der Waals surface area (Å²) in [5.41, 5.74) is 0.800. The molecule has 0 amide bonds. The minimum atomic E-state index is -1.60. The van der Waals surface area contributed by atoms with Crippen LogP contribution in [0.15, 0.2) is 48.6 Å². The summed E-state index contributed by atoms with van der Waals surface area (Å²) in [5.74, 6) is -2.57. The summed E-state index contributed by atoms with van der Waals surface area (Å²) in [4.78, 5) is 27.5. The molecule has 4 rings (SSSR count). The van der Waals surface area contributed by atoms with E-state index < -0.39 is 35.8 Å². The number of rotatable bonds is 4. The SMILES string of the molecule is C=C(C)C(=O)OC1N2Cc3cccc(c3)CN3C1(O)C23OC(=O)C(=C)C.[CH2]C([CH2])O. The molecule has 8 heteroatoms. The molecule has 0 aliphatic carbocycles. The second-order valence-corrected chi connectivity index (χ2v) is 7.73. The highest BCUT2D eigenvalue weighted by molar-refractivity contribution is 5.88. The number of benzene rings is 1. The lowest BCUT2D eigenvalue weighted by Gasteiger charge is -2.46. The number of nitrogens with zero attached hydrogens (tertiary/aromatic N) is 2. The van der Waals surface area contributed by atoms with Gasteiger partial charge in [0.1, 0.15) is 0 Å². The Hall–Kier alpha value is -2.52. The van der Waals surface area contributed by atoms with Gasteiger partial charge in [-0.15, -0.1) is 0 Å². The first kappa shape index (κ1) is 22.2. The number of carbonyl (C=O) groups is 2. The first-order chi connectivity index (χ1) is 13.9. The molecule has 2 N–H and O–H groups in total. The van der Waals surface area contributed by atoms with Crippen LogP contribution in [0.4, 0.5) is 0 Å². The van der Waals surface area contributed by atoms with E-state index in [0.717, 1.165) is 11.1 Å². The Labute approximate surface area is 176 Å². The molecule has 4 unspecified atom stereocenters. The molecule has 0 spiro atoms. The summed E-state index contributed by atoms with van der Waals surface area (Å²) >= 11 is 0. The normalized spacial score (nSPS) is 30.4. The Kier molecular flexibility index (Phi) is 5.64. The number of aliphatic hydroxyl groups excluding tert-OH is 1. The maximum Gasteiger partial charge on any atom is 0.336 e. The zero-order chi connectivity index (χ0) is 22.4. The van der Waals surface area contributed by atoms with Crippen molar-refractivity contribution >= 4 is 11.9 Å². The lowest BCUT2D eigenvalue weighted by Crippen LogP contribution is -2.69. The molecule has 2 bridgehead atoms. The highest BCUT2D eigenvalue weighted by Gasteiger charge is 2.96. The average molecular weight is 414 g/mol. The maximum absolute atomic E-state index is 12.2. The molecule has 2 saturated heterocycles. The Morgan fingerprint density at radius 3 is 2.20 bits per heavy atom. The van der Waals surface area contributed by atoms with Crippen LogP contribution < -0.4 is 0 Å². The largest absolute Gasteiger partial charge is 0.438 e. The fourth-order valence-electron chi connectivity index (χ4n) is 3.73. The first-order valence-electron chi connectivity index (χ1n) is 9.39. The van der Waals surface area contributed by atoms with Gasteiger partial charge < -0.3 is 19.7 Å². The van der Waals surface area contributed by atoms with Gasteiger partial charge in [-0.05, 0) is 38.8 Å². The second-order valence-electron chi connectivity index (χ2n) is 7.73. The van der Waals surface area contributed by atoms with Gasteiger partial charge in [0.25, 0.3) is 5.85 Å². The van der Waals surface area contributed by atoms with Crippen LogP contribution in [0.1, 0.15) is 25.0 Å². The third kappa shape index (κ3) is 3.35. The lowest BCUT2D eigenvalue weighted by atomic mass is 10.0. The second kappa shape index (κ2) is 7.63. The monoisotopic (exact) mass is 414 g/mol. The topological polar surface area (TPSA) is 99.3 Å². The number of esters is 2. The van der Waals surface area contributed by atoms with Gasteiger partial charge in [0.05, 0.1) is 6.10 Å². The van der Waals surface area contributed by atoms with Crippen molar-refractivity contribution in [1.29, 1.82) is 0 Å².